The highest BCUT2D eigenvalue weighted by Gasteiger charge is 2.54. The molecule has 206 valence electrons. The van der Waals surface area contributed by atoms with Crippen LogP contribution in [0.1, 0.15) is 12.8 Å². The first-order chi connectivity index (χ1) is 19.3. The number of nitrogens with zero attached hydrogens (tertiary/aromatic N) is 4. The van der Waals surface area contributed by atoms with E-state index in [4.69, 9.17) is 4.74 Å². The molecular weight excluding hydrogens is 516 g/mol. The van der Waals surface area contributed by atoms with Crippen molar-refractivity contribution < 1.29 is 18.3 Å². The van der Waals surface area contributed by atoms with Crippen LogP contribution in [0.5, 0.6) is 5.75 Å². The van der Waals surface area contributed by atoms with Crippen molar-refractivity contribution in [3.8, 4) is 22.6 Å². The van der Waals surface area contributed by atoms with Gasteiger partial charge < -0.3 is 15.0 Å². The number of hydrogen-bond donors (Lipinski definition) is 1. The molecule has 3 aromatic carbocycles. The van der Waals surface area contributed by atoms with E-state index < -0.39 is 12.2 Å². The Kier molecular flexibility index (Phi) is 6.81. The fourth-order valence-electron chi connectivity index (χ4n) is 5.36. The first-order valence-corrected chi connectivity index (χ1v) is 13.3. The third kappa shape index (κ3) is 4.96. The lowest BCUT2D eigenvalue weighted by Gasteiger charge is -2.37. The van der Waals surface area contributed by atoms with Gasteiger partial charge in [0.1, 0.15) is 17.6 Å². The number of alkyl halides is 2. The molecule has 4 aromatic rings. The highest BCUT2D eigenvalue weighted by atomic mass is 19.3. The molecule has 1 aromatic heterocycles. The Morgan fingerprint density at radius 1 is 0.975 bits per heavy atom. The molecule has 1 N–H and O–H groups in total. The summed E-state index contributed by atoms with van der Waals surface area (Å²) in [5.74, 6) is -0.429. The number of piperazine rings is 1. The van der Waals surface area contributed by atoms with Gasteiger partial charge in [-0.25, -0.2) is 4.98 Å². The second kappa shape index (κ2) is 10.4. The lowest BCUT2D eigenvalue weighted by atomic mass is 10.0. The van der Waals surface area contributed by atoms with Crippen molar-refractivity contribution in [1.82, 2.24) is 19.4 Å². The van der Waals surface area contributed by atoms with E-state index in [1.807, 2.05) is 49.5 Å². The molecule has 0 radical (unpaired) electrons. The molecule has 6 rings (SSSR count). The number of likely N-dealkylation sites (N-methyl/N-ethyl adjacent to an activating group) is 1. The van der Waals surface area contributed by atoms with Crippen molar-refractivity contribution in [2.75, 3.05) is 38.5 Å². The number of rotatable bonds is 7. The maximum atomic E-state index is 13.5. The van der Waals surface area contributed by atoms with Gasteiger partial charge in [-0.15, -0.1) is 0 Å². The van der Waals surface area contributed by atoms with Crippen LogP contribution < -0.4 is 15.6 Å². The summed E-state index contributed by atoms with van der Waals surface area (Å²) in [7, 11) is 2.04. The Labute approximate surface area is 229 Å². The summed E-state index contributed by atoms with van der Waals surface area (Å²) in [6, 6.07) is 19.5. The van der Waals surface area contributed by atoms with E-state index in [0.29, 0.717) is 29.4 Å². The zero-order valence-corrected chi connectivity index (χ0v) is 22.0. The highest BCUT2D eigenvalue weighted by molar-refractivity contribution is 6.01. The first-order valence-electron chi connectivity index (χ1n) is 13.3. The van der Waals surface area contributed by atoms with E-state index in [1.54, 1.807) is 6.07 Å². The summed E-state index contributed by atoms with van der Waals surface area (Å²) in [6.07, 6.45) is 2.80. The Morgan fingerprint density at radius 2 is 1.73 bits per heavy atom. The number of benzene rings is 3. The number of aromatic nitrogens is 2. The Hall–Kier alpha value is -4.15. The van der Waals surface area contributed by atoms with Crippen molar-refractivity contribution in [2.45, 2.75) is 25.0 Å². The number of carbonyl (C=O) groups excluding carboxylic acids is 1. The van der Waals surface area contributed by atoms with E-state index in [0.717, 1.165) is 37.3 Å². The number of anilines is 1. The molecular formula is C30H29F2N5O3. The number of halogens is 2. The summed E-state index contributed by atoms with van der Waals surface area (Å²) in [5.41, 5.74) is 1.96. The molecule has 2 heterocycles. The molecule has 2 aliphatic rings. The number of carbonyl (C=O) groups is 1. The summed E-state index contributed by atoms with van der Waals surface area (Å²) in [6.45, 7) is 0.158. The molecule has 1 aliphatic carbocycles. The van der Waals surface area contributed by atoms with Crippen molar-refractivity contribution in [1.29, 1.82) is 0 Å². The van der Waals surface area contributed by atoms with Crippen molar-refractivity contribution in [3.63, 3.8) is 0 Å². The molecule has 1 saturated carbocycles. The SMILES string of the molecule is CN1CCN(C2(C(=O)Nc3cc(-n4cnc5cc(-c6ccccc6)ccc5c4=O)ccc3OC(F)F)CC2)CC1. The number of nitrogens with one attached hydrogen (secondary N) is 1. The topological polar surface area (TPSA) is 79.7 Å². The van der Waals surface area contributed by atoms with E-state index in [9.17, 15) is 18.4 Å². The van der Waals surface area contributed by atoms with Gasteiger partial charge >= 0.3 is 6.61 Å². The quantitative estimate of drug-likeness (QED) is 0.372. The second-order valence-electron chi connectivity index (χ2n) is 10.4. The lowest BCUT2D eigenvalue weighted by molar-refractivity contribution is -0.123. The van der Waals surface area contributed by atoms with Gasteiger partial charge in [0.2, 0.25) is 5.91 Å². The summed E-state index contributed by atoms with van der Waals surface area (Å²) < 4.78 is 32.5. The Bertz CT molecular complexity index is 1610. The Morgan fingerprint density at radius 3 is 2.42 bits per heavy atom. The monoisotopic (exact) mass is 545 g/mol. The maximum Gasteiger partial charge on any atom is 0.387 e. The molecule has 0 bridgehead atoms. The average molecular weight is 546 g/mol. The number of ether oxygens (including phenoxy) is 1. The smallest absolute Gasteiger partial charge is 0.387 e. The minimum Gasteiger partial charge on any atom is -0.433 e. The Balaban J connectivity index is 1.32. The third-order valence-electron chi connectivity index (χ3n) is 7.83. The van der Waals surface area contributed by atoms with Gasteiger partial charge in [-0.3, -0.25) is 19.1 Å². The van der Waals surface area contributed by atoms with Crippen molar-refractivity contribution in [3.05, 3.63) is 83.4 Å². The zero-order valence-electron chi connectivity index (χ0n) is 22.0. The van der Waals surface area contributed by atoms with Gasteiger partial charge in [0.25, 0.3) is 5.56 Å². The molecule has 8 nitrogen and oxygen atoms in total. The molecule has 1 amide bonds. The minimum atomic E-state index is -3.07. The van der Waals surface area contributed by atoms with Crippen LogP contribution in [0.3, 0.4) is 0 Å². The van der Waals surface area contributed by atoms with Crippen LogP contribution in [0.25, 0.3) is 27.7 Å². The van der Waals surface area contributed by atoms with E-state index in [-0.39, 0.29) is 22.9 Å². The summed E-state index contributed by atoms with van der Waals surface area (Å²) in [4.78, 5) is 35.8. The van der Waals surface area contributed by atoms with Gasteiger partial charge in [0.15, 0.2) is 0 Å². The number of hydrogen-bond acceptors (Lipinski definition) is 6. The van der Waals surface area contributed by atoms with E-state index in [1.165, 1.54) is 29.1 Å². The third-order valence-corrected chi connectivity index (χ3v) is 7.83. The molecule has 1 aliphatic heterocycles. The zero-order chi connectivity index (χ0) is 27.9. The molecule has 40 heavy (non-hydrogen) atoms. The van der Waals surface area contributed by atoms with Crippen LogP contribution in [0.15, 0.2) is 77.9 Å². The van der Waals surface area contributed by atoms with Gasteiger partial charge in [-0.2, -0.15) is 8.78 Å². The van der Waals surface area contributed by atoms with Crippen LogP contribution in [0.4, 0.5) is 14.5 Å². The van der Waals surface area contributed by atoms with Gasteiger partial charge in [-0.05, 0) is 61.3 Å². The molecule has 0 spiro atoms. The highest BCUT2D eigenvalue weighted by Crippen LogP contribution is 2.44. The summed E-state index contributed by atoms with van der Waals surface area (Å²) in [5, 5.41) is 3.24. The van der Waals surface area contributed by atoms with E-state index >= 15 is 0 Å². The molecule has 2 fully saturated rings. The fraction of sp³-hybridized carbons (Fsp3) is 0.300. The average Bonchev–Trinajstić information content (AvgIpc) is 3.77. The van der Waals surface area contributed by atoms with Gasteiger partial charge in [0, 0.05) is 26.2 Å². The molecule has 0 unspecified atom stereocenters. The number of amides is 1. The summed E-state index contributed by atoms with van der Waals surface area (Å²) >= 11 is 0. The number of fused-ring (bicyclic) bond motifs is 1. The first kappa shape index (κ1) is 26.1. The molecule has 10 heteroatoms. The predicted octanol–water partition coefficient (Wildman–Crippen LogP) is 4.37. The molecule has 1 saturated heterocycles. The second-order valence-corrected chi connectivity index (χ2v) is 10.4. The maximum absolute atomic E-state index is 13.5. The lowest BCUT2D eigenvalue weighted by Crippen LogP contribution is -2.54. The largest absolute Gasteiger partial charge is 0.433 e. The van der Waals surface area contributed by atoms with Crippen molar-refractivity contribution >= 4 is 22.5 Å². The van der Waals surface area contributed by atoms with Gasteiger partial charge in [-0.1, -0.05) is 36.4 Å². The van der Waals surface area contributed by atoms with Crippen LogP contribution >= 0.6 is 0 Å². The van der Waals surface area contributed by atoms with E-state index in [2.05, 4.69) is 20.1 Å². The predicted molar refractivity (Wildman–Crippen MR) is 149 cm³/mol. The fourth-order valence-corrected chi connectivity index (χ4v) is 5.36. The van der Waals surface area contributed by atoms with Crippen LogP contribution in [-0.2, 0) is 4.79 Å². The minimum absolute atomic E-state index is 0.0784. The van der Waals surface area contributed by atoms with Crippen LogP contribution in [-0.4, -0.2) is 70.6 Å². The standard InChI is InChI=1S/C30H29F2N5O3/c1-35-13-15-36(16-14-35)30(11-12-30)28(39)34-25-18-22(8-10-26(25)40-29(31)32)37-19-33-24-17-21(7-9-23(24)27(37)38)20-5-3-2-4-6-20/h2-10,17-19,29H,11-16H2,1H3,(H,34,39). The van der Waals surface area contributed by atoms with Crippen molar-refractivity contribution in [2.24, 2.45) is 0 Å². The van der Waals surface area contributed by atoms with Crippen LogP contribution in [0.2, 0.25) is 0 Å². The molecule has 0 atom stereocenters. The van der Waals surface area contributed by atoms with Crippen LogP contribution in [0, 0.1) is 0 Å². The van der Waals surface area contributed by atoms with Gasteiger partial charge in [0.05, 0.1) is 22.3 Å². The normalized spacial score (nSPS) is 17.2.